The van der Waals surface area contributed by atoms with E-state index in [9.17, 15) is 4.79 Å². The Kier molecular flexibility index (Phi) is 6.26. The van der Waals surface area contributed by atoms with Gasteiger partial charge in [0.25, 0.3) is 0 Å². The van der Waals surface area contributed by atoms with Gasteiger partial charge in [0.2, 0.25) is 5.91 Å². The van der Waals surface area contributed by atoms with Crippen molar-refractivity contribution in [3.8, 4) is 5.75 Å². The van der Waals surface area contributed by atoms with Crippen molar-refractivity contribution in [1.82, 2.24) is 0 Å². The minimum atomic E-state index is -0.119. The lowest BCUT2D eigenvalue weighted by molar-refractivity contribution is -0.115. The second-order valence-electron chi connectivity index (χ2n) is 6.50. The van der Waals surface area contributed by atoms with Crippen LogP contribution in [0.4, 0.5) is 5.69 Å². The van der Waals surface area contributed by atoms with Gasteiger partial charge < -0.3 is 4.74 Å². The Morgan fingerprint density at radius 2 is 1.72 bits per heavy atom. The number of amides is 1. The summed E-state index contributed by atoms with van der Waals surface area (Å²) >= 11 is 19.8. The van der Waals surface area contributed by atoms with E-state index in [4.69, 9.17) is 39.5 Å². The summed E-state index contributed by atoms with van der Waals surface area (Å²) in [4.78, 5) is 14.3. The zero-order chi connectivity index (χ0) is 20.4. The van der Waals surface area contributed by atoms with Gasteiger partial charge in [0.1, 0.15) is 17.7 Å². The van der Waals surface area contributed by atoms with Gasteiger partial charge in [0, 0.05) is 26.3 Å². The molecule has 1 atom stereocenters. The molecule has 1 heterocycles. The van der Waals surface area contributed by atoms with E-state index in [1.807, 2.05) is 42.5 Å². The lowest BCUT2D eigenvalue weighted by Gasteiger charge is -2.24. The second kappa shape index (κ2) is 8.88. The number of benzene rings is 3. The molecule has 1 aliphatic heterocycles. The number of nitrogens with zero attached hydrogens (tertiary/aromatic N) is 1. The Bertz CT molecular complexity index is 1040. The van der Waals surface area contributed by atoms with Crippen LogP contribution in [-0.2, 0) is 11.4 Å². The molecule has 1 aliphatic rings. The lowest BCUT2D eigenvalue weighted by atomic mass is 10.1. The average molecular weight is 465 g/mol. The van der Waals surface area contributed by atoms with Crippen LogP contribution in [0.25, 0.3) is 0 Å². The minimum absolute atomic E-state index is 0.0709. The van der Waals surface area contributed by atoms with E-state index in [-0.39, 0.29) is 11.3 Å². The average Bonchev–Trinajstić information content (AvgIpc) is 3.10. The van der Waals surface area contributed by atoms with Crippen LogP contribution < -0.4 is 9.64 Å². The predicted octanol–water partition coefficient (Wildman–Crippen LogP) is 7.00. The summed E-state index contributed by atoms with van der Waals surface area (Å²) in [7, 11) is 0. The predicted molar refractivity (Wildman–Crippen MR) is 121 cm³/mol. The highest BCUT2D eigenvalue weighted by Gasteiger charge is 2.34. The maximum Gasteiger partial charge on any atom is 0.238 e. The van der Waals surface area contributed by atoms with Crippen molar-refractivity contribution in [3.63, 3.8) is 0 Å². The Morgan fingerprint density at radius 3 is 2.48 bits per heavy atom. The Morgan fingerprint density at radius 1 is 0.966 bits per heavy atom. The van der Waals surface area contributed by atoms with E-state index in [2.05, 4.69) is 0 Å². The minimum Gasteiger partial charge on any atom is -0.489 e. The highest BCUT2D eigenvalue weighted by atomic mass is 35.5. The number of carbonyl (C=O) groups is 1. The van der Waals surface area contributed by atoms with E-state index >= 15 is 0 Å². The summed E-state index contributed by atoms with van der Waals surface area (Å²) in [6.07, 6.45) is 0. The first-order valence-electron chi connectivity index (χ1n) is 8.87. The van der Waals surface area contributed by atoms with Crippen molar-refractivity contribution < 1.29 is 9.53 Å². The standard InChI is InChI=1S/C22H16Cl3NO2S/c23-16-6-8-18(9-7-16)26-21(27)13-29-22(26)14-2-1-3-19(10-14)28-12-15-4-5-17(24)11-20(15)25/h1-11,22H,12-13H2/t22-/m1/s1. The van der Waals surface area contributed by atoms with Crippen molar-refractivity contribution in [2.75, 3.05) is 10.7 Å². The van der Waals surface area contributed by atoms with Crippen LogP contribution in [0.5, 0.6) is 5.75 Å². The number of halogens is 3. The van der Waals surface area contributed by atoms with Crippen molar-refractivity contribution in [3.05, 3.63) is 92.9 Å². The van der Waals surface area contributed by atoms with Crippen LogP contribution in [0.15, 0.2) is 66.7 Å². The maximum absolute atomic E-state index is 12.5. The van der Waals surface area contributed by atoms with Gasteiger partial charge in [0.05, 0.1) is 5.75 Å². The van der Waals surface area contributed by atoms with Crippen LogP contribution in [-0.4, -0.2) is 11.7 Å². The largest absolute Gasteiger partial charge is 0.489 e. The van der Waals surface area contributed by atoms with Crippen molar-refractivity contribution in [2.24, 2.45) is 0 Å². The van der Waals surface area contributed by atoms with Crippen LogP contribution in [0, 0.1) is 0 Å². The molecule has 3 nitrogen and oxygen atoms in total. The number of ether oxygens (including phenoxy) is 1. The van der Waals surface area contributed by atoms with E-state index in [0.29, 0.717) is 33.2 Å². The molecule has 29 heavy (non-hydrogen) atoms. The molecule has 0 saturated carbocycles. The third kappa shape index (κ3) is 4.67. The molecule has 0 aliphatic carbocycles. The SMILES string of the molecule is O=C1CS[C@H](c2cccc(OCc3ccc(Cl)cc3Cl)c2)N1c1ccc(Cl)cc1. The van der Waals surface area contributed by atoms with Crippen molar-refractivity contribution in [2.45, 2.75) is 12.0 Å². The van der Waals surface area contributed by atoms with E-state index in [0.717, 1.165) is 16.8 Å². The molecule has 3 aromatic rings. The van der Waals surface area contributed by atoms with Crippen LogP contribution in [0.2, 0.25) is 15.1 Å². The van der Waals surface area contributed by atoms with Crippen molar-refractivity contribution in [1.29, 1.82) is 0 Å². The summed E-state index contributed by atoms with van der Waals surface area (Å²) < 4.78 is 5.94. The van der Waals surface area contributed by atoms with Gasteiger partial charge in [-0.3, -0.25) is 9.69 Å². The van der Waals surface area contributed by atoms with E-state index in [1.54, 1.807) is 40.9 Å². The van der Waals surface area contributed by atoms with Gasteiger partial charge in [-0.1, -0.05) is 53.0 Å². The van der Waals surface area contributed by atoms with Gasteiger partial charge in [-0.2, -0.15) is 0 Å². The second-order valence-corrected chi connectivity index (χ2v) is 8.85. The summed E-state index contributed by atoms with van der Waals surface area (Å²) in [5, 5.41) is 1.68. The maximum atomic E-state index is 12.5. The number of hydrogen-bond donors (Lipinski definition) is 0. The summed E-state index contributed by atoms with van der Waals surface area (Å²) in [6.45, 7) is 0.330. The molecule has 0 unspecified atom stereocenters. The first-order chi connectivity index (χ1) is 14.0. The van der Waals surface area contributed by atoms with Crippen LogP contribution in [0.1, 0.15) is 16.5 Å². The fourth-order valence-corrected chi connectivity index (χ4v) is 4.87. The molecule has 148 valence electrons. The van der Waals surface area contributed by atoms with Crippen molar-refractivity contribution >= 4 is 58.2 Å². The smallest absolute Gasteiger partial charge is 0.238 e. The van der Waals surface area contributed by atoms with E-state index < -0.39 is 0 Å². The normalized spacial score (nSPS) is 16.3. The molecule has 0 aromatic heterocycles. The Labute approximate surface area is 188 Å². The van der Waals surface area contributed by atoms with Gasteiger partial charge in [0.15, 0.2) is 0 Å². The molecular formula is C22H16Cl3NO2S. The number of rotatable bonds is 5. The molecular weight excluding hydrogens is 449 g/mol. The van der Waals surface area contributed by atoms with E-state index in [1.165, 1.54) is 0 Å². The van der Waals surface area contributed by atoms with Gasteiger partial charge >= 0.3 is 0 Å². The van der Waals surface area contributed by atoms with Crippen LogP contribution in [0.3, 0.4) is 0 Å². The first kappa shape index (κ1) is 20.4. The summed E-state index contributed by atoms with van der Waals surface area (Å²) in [5.41, 5.74) is 2.68. The molecule has 1 saturated heterocycles. The monoisotopic (exact) mass is 463 g/mol. The molecule has 0 radical (unpaired) electrons. The first-order valence-corrected chi connectivity index (χ1v) is 11.1. The fourth-order valence-electron chi connectivity index (χ4n) is 3.11. The molecule has 4 rings (SSSR count). The lowest BCUT2D eigenvalue weighted by Crippen LogP contribution is -2.27. The van der Waals surface area contributed by atoms with Gasteiger partial charge in [-0.25, -0.2) is 0 Å². The molecule has 0 N–H and O–H groups in total. The molecule has 7 heteroatoms. The highest BCUT2D eigenvalue weighted by molar-refractivity contribution is 8.00. The molecule has 0 spiro atoms. The molecule has 1 fully saturated rings. The zero-order valence-corrected chi connectivity index (χ0v) is 18.2. The number of anilines is 1. The third-order valence-electron chi connectivity index (χ3n) is 4.53. The molecule has 3 aromatic carbocycles. The summed E-state index contributed by atoms with van der Waals surface area (Å²) in [5.74, 6) is 1.21. The summed E-state index contributed by atoms with van der Waals surface area (Å²) in [6, 6.07) is 20.4. The van der Waals surface area contributed by atoms with Gasteiger partial charge in [-0.15, -0.1) is 11.8 Å². The van der Waals surface area contributed by atoms with Crippen LogP contribution >= 0.6 is 46.6 Å². The molecule has 1 amide bonds. The molecule has 0 bridgehead atoms. The number of carbonyl (C=O) groups excluding carboxylic acids is 1. The fraction of sp³-hybridized carbons (Fsp3) is 0.136. The van der Waals surface area contributed by atoms with Gasteiger partial charge in [-0.05, 0) is 54.1 Å². The Balaban J connectivity index is 1.54. The highest BCUT2D eigenvalue weighted by Crippen LogP contribution is 2.42. The number of thioether (sulfide) groups is 1. The zero-order valence-electron chi connectivity index (χ0n) is 15.1. The number of hydrogen-bond acceptors (Lipinski definition) is 3. The third-order valence-corrected chi connectivity index (χ3v) is 6.58. The quantitative estimate of drug-likeness (QED) is 0.407. The Hall–Kier alpha value is -1.85. The topological polar surface area (TPSA) is 29.5 Å².